The largest absolute Gasteiger partial charge is 0.497 e. The van der Waals surface area contributed by atoms with Gasteiger partial charge < -0.3 is 19.3 Å². The maximum absolute atomic E-state index is 13.7. The predicted molar refractivity (Wildman–Crippen MR) is 128 cm³/mol. The minimum atomic E-state index is -4.23. The van der Waals surface area contributed by atoms with Crippen LogP contribution < -0.4 is 9.47 Å². The van der Waals surface area contributed by atoms with Crippen LogP contribution in [0.5, 0.6) is 11.5 Å². The third-order valence-electron chi connectivity index (χ3n) is 6.15. The molecule has 3 rings (SSSR count). The van der Waals surface area contributed by atoms with Gasteiger partial charge in [0.1, 0.15) is 18.1 Å². The molecule has 186 valence electrons. The highest BCUT2D eigenvalue weighted by Crippen LogP contribution is 2.37. The molecule has 0 amide bonds. The molecule has 1 heterocycles. The number of morpholine rings is 1. The zero-order chi connectivity index (χ0) is 24.6. The normalized spacial score (nSPS) is 16.5. The smallest absolute Gasteiger partial charge is 0.325 e. The van der Waals surface area contributed by atoms with Crippen molar-refractivity contribution in [1.29, 1.82) is 0 Å². The Morgan fingerprint density at radius 1 is 1.12 bits per heavy atom. The van der Waals surface area contributed by atoms with Crippen molar-refractivity contribution in [3.05, 3.63) is 54.1 Å². The Kier molecular flexibility index (Phi) is 8.93. The van der Waals surface area contributed by atoms with Crippen LogP contribution in [0.4, 0.5) is 0 Å². The number of hydrogen-bond donors (Lipinski definition) is 1. The average Bonchev–Trinajstić information content (AvgIpc) is 2.85. The second kappa shape index (κ2) is 11.7. The van der Waals surface area contributed by atoms with Gasteiger partial charge in [-0.3, -0.25) is 9.69 Å². The molecule has 1 N–H and O–H groups in total. The van der Waals surface area contributed by atoms with Crippen LogP contribution in [-0.2, 0) is 25.8 Å². The Bertz CT molecular complexity index is 1050. The van der Waals surface area contributed by atoms with Crippen LogP contribution in [0.15, 0.2) is 53.4 Å². The SMILES string of the molecule is CCCC(Cc1ccccc1OCCN1CCOCC1)(C(=O)O)S(=O)(=O)c1ccc(OC)cc1. The maximum Gasteiger partial charge on any atom is 0.325 e. The van der Waals surface area contributed by atoms with Crippen molar-refractivity contribution in [2.24, 2.45) is 0 Å². The van der Waals surface area contributed by atoms with E-state index in [9.17, 15) is 18.3 Å². The van der Waals surface area contributed by atoms with Crippen LogP contribution in [0.2, 0.25) is 0 Å². The minimum Gasteiger partial charge on any atom is -0.497 e. The number of carboxylic acid groups (broad SMARTS) is 1. The second-order valence-electron chi connectivity index (χ2n) is 8.32. The van der Waals surface area contributed by atoms with Gasteiger partial charge in [-0.2, -0.15) is 0 Å². The Balaban J connectivity index is 1.89. The number of aliphatic carboxylic acids is 1. The lowest BCUT2D eigenvalue weighted by molar-refractivity contribution is -0.140. The number of para-hydroxylation sites is 1. The summed E-state index contributed by atoms with van der Waals surface area (Å²) in [6.07, 6.45) is 0.165. The molecule has 1 aliphatic heterocycles. The molecule has 1 fully saturated rings. The van der Waals surface area contributed by atoms with Crippen LogP contribution in [0.3, 0.4) is 0 Å². The summed E-state index contributed by atoms with van der Waals surface area (Å²) < 4.78 is 41.9. The fourth-order valence-corrected chi connectivity index (χ4v) is 6.20. The van der Waals surface area contributed by atoms with E-state index in [-0.39, 0.29) is 17.7 Å². The fourth-order valence-electron chi connectivity index (χ4n) is 4.21. The standard InChI is InChI=1S/C25H33NO7S/c1-3-12-25(24(27)28,34(29,30)22-10-8-21(31-2)9-11-22)19-20-6-4-5-7-23(20)33-18-15-26-13-16-32-17-14-26/h4-11H,3,12-19H2,1-2H3,(H,27,28). The van der Waals surface area contributed by atoms with Gasteiger partial charge in [-0.15, -0.1) is 0 Å². The lowest BCUT2D eigenvalue weighted by atomic mass is 9.93. The van der Waals surface area contributed by atoms with Crippen molar-refractivity contribution in [2.75, 3.05) is 46.6 Å². The molecular formula is C25H33NO7S. The lowest BCUT2D eigenvalue weighted by Gasteiger charge is -2.30. The van der Waals surface area contributed by atoms with E-state index in [2.05, 4.69) is 4.90 Å². The molecule has 0 aromatic heterocycles. The highest BCUT2D eigenvalue weighted by molar-refractivity contribution is 7.93. The summed E-state index contributed by atoms with van der Waals surface area (Å²) in [5, 5.41) is 10.3. The maximum atomic E-state index is 13.7. The van der Waals surface area contributed by atoms with E-state index < -0.39 is 20.6 Å². The molecule has 2 aromatic carbocycles. The summed E-state index contributed by atoms with van der Waals surface area (Å²) in [6, 6.07) is 12.9. The summed E-state index contributed by atoms with van der Waals surface area (Å²) in [4.78, 5) is 14.8. The zero-order valence-corrected chi connectivity index (χ0v) is 20.6. The van der Waals surface area contributed by atoms with Crippen molar-refractivity contribution in [3.63, 3.8) is 0 Å². The molecule has 8 nitrogen and oxygen atoms in total. The average molecular weight is 492 g/mol. The van der Waals surface area contributed by atoms with E-state index in [1.807, 2.05) is 0 Å². The van der Waals surface area contributed by atoms with E-state index >= 15 is 0 Å². The van der Waals surface area contributed by atoms with Crippen molar-refractivity contribution in [1.82, 2.24) is 4.90 Å². The van der Waals surface area contributed by atoms with E-state index in [4.69, 9.17) is 14.2 Å². The Morgan fingerprint density at radius 2 is 1.79 bits per heavy atom. The van der Waals surface area contributed by atoms with Crippen LogP contribution in [0.1, 0.15) is 25.3 Å². The van der Waals surface area contributed by atoms with Crippen molar-refractivity contribution in [2.45, 2.75) is 35.8 Å². The first-order valence-electron chi connectivity index (χ1n) is 11.5. The van der Waals surface area contributed by atoms with Crippen molar-refractivity contribution >= 4 is 15.8 Å². The molecule has 1 atom stereocenters. The van der Waals surface area contributed by atoms with Gasteiger partial charge in [-0.1, -0.05) is 31.5 Å². The molecule has 0 radical (unpaired) electrons. The van der Waals surface area contributed by atoms with Crippen molar-refractivity contribution in [3.8, 4) is 11.5 Å². The summed E-state index contributed by atoms with van der Waals surface area (Å²) in [6.45, 7) is 5.96. The zero-order valence-electron chi connectivity index (χ0n) is 19.7. The van der Waals surface area contributed by atoms with Gasteiger partial charge in [-0.05, 0) is 42.3 Å². The summed E-state index contributed by atoms with van der Waals surface area (Å²) in [5.41, 5.74) is 0.553. The third-order valence-corrected chi connectivity index (χ3v) is 8.59. The number of carboxylic acids is 1. The van der Waals surface area contributed by atoms with Crippen LogP contribution in [-0.4, -0.2) is 75.7 Å². The van der Waals surface area contributed by atoms with Crippen molar-refractivity contribution < 1.29 is 32.5 Å². The Hall–Kier alpha value is -2.62. The van der Waals surface area contributed by atoms with Gasteiger partial charge >= 0.3 is 5.97 Å². The number of nitrogens with zero attached hydrogens (tertiary/aromatic N) is 1. The van der Waals surface area contributed by atoms with Crippen LogP contribution in [0, 0.1) is 0 Å². The molecule has 0 saturated carbocycles. The molecule has 0 spiro atoms. The van der Waals surface area contributed by atoms with Gasteiger partial charge in [0.15, 0.2) is 14.6 Å². The minimum absolute atomic E-state index is 0.0290. The second-order valence-corrected chi connectivity index (χ2v) is 10.6. The summed E-state index contributed by atoms with van der Waals surface area (Å²) >= 11 is 0. The summed E-state index contributed by atoms with van der Waals surface area (Å²) in [5.74, 6) is -0.370. The first-order chi connectivity index (χ1) is 16.3. The molecule has 34 heavy (non-hydrogen) atoms. The Morgan fingerprint density at radius 3 is 2.41 bits per heavy atom. The van der Waals surface area contributed by atoms with E-state index in [0.29, 0.717) is 49.8 Å². The summed E-state index contributed by atoms with van der Waals surface area (Å²) in [7, 11) is -2.75. The lowest BCUT2D eigenvalue weighted by Crippen LogP contribution is -2.48. The fraction of sp³-hybridized carbons (Fsp3) is 0.480. The molecule has 2 aromatic rings. The molecule has 1 unspecified atom stereocenters. The quantitative estimate of drug-likeness (QED) is 0.483. The number of ether oxygens (including phenoxy) is 3. The molecule has 9 heteroatoms. The third kappa shape index (κ3) is 5.71. The Labute approximate surface area is 201 Å². The molecule has 0 bridgehead atoms. The van der Waals surface area contributed by atoms with Gasteiger partial charge in [0, 0.05) is 26.1 Å². The highest BCUT2D eigenvalue weighted by Gasteiger charge is 2.51. The number of methoxy groups -OCH3 is 1. The topological polar surface area (TPSA) is 102 Å². The highest BCUT2D eigenvalue weighted by atomic mass is 32.2. The van der Waals surface area contributed by atoms with Gasteiger partial charge in [-0.25, -0.2) is 8.42 Å². The van der Waals surface area contributed by atoms with E-state index in [1.54, 1.807) is 31.2 Å². The number of benzene rings is 2. The monoisotopic (exact) mass is 491 g/mol. The van der Waals surface area contributed by atoms with Crippen LogP contribution >= 0.6 is 0 Å². The molecule has 1 aliphatic rings. The number of carbonyl (C=O) groups is 1. The van der Waals surface area contributed by atoms with Gasteiger partial charge in [0.05, 0.1) is 25.2 Å². The van der Waals surface area contributed by atoms with E-state index in [0.717, 1.165) is 13.1 Å². The first-order valence-corrected chi connectivity index (χ1v) is 13.0. The van der Waals surface area contributed by atoms with Gasteiger partial charge in [0.25, 0.3) is 0 Å². The van der Waals surface area contributed by atoms with Gasteiger partial charge in [0.2, 0.25) is 0 Å². The molecular weight excluding hydrogens is 458 g/mol. The number of sulfone groups is 1. The predicted octanol–water partition coefficient (Wildman–Crippen LogP) is 3.05. The van der Waals surface area contributed by atoms with E-state index in [1.165, 1.54) is 31.4 Å². The molecule has 0 aliphatic carbocycles. The number of rotatable bonds is 12. The first kappa shape index (κ1) is 26.0. The molecule has 1 saturated heterocycles. The number of hydrogen-bond acceptors (Lipinski definition) is 7. The van der Waals surface area contributed by atoms with Crippen LogP contribution in [0.25, 0.3) is 0 Å².